The smallest absolute Gasteiger partial charge is 0.320 e. The molecule has 0 saturated carbocycles. The molecule has 0 bridgehead atoms. The Hall–Kier alpha value is -3.82. The lowest BCUT2D eigenvalue weighted by Gasteiger charge is -2.49. The van der Waals surface area contributed by atoms with Crippen LogP contribution in [0.2, 0.25) is 0 Å². The van der Waals surface area contributed by atoms with Gasteiger partial charge in [-0.3, -0.25) is 4.90 Å². The molecule has 0 aromatic carbocycles. The van der Waals surface area contributed by atoms with E-state index >= 15 is 0 Å². The van der Waals surface area contributed by atoms with Crippen LogP contribution in [0.4, 0.5) is 22.5 Å². The number of thiophene rings is 1. The van der Waals surface area contributed by atoms with Gasteiger partial charge in [0.25, 0.3) is 0 Å². The maximum Gasteiger partial charge on any atom is 0.320 e. The molecule has 45 heavy (non-hydrogen) atoms. The SMILES string of the molecule is CCN(c1nc(OC[C@]2(COC)CCCN2C)nc(N2CC3(C2)SCc2sc(N)c(C#N)c23)c1C#N)[C@H](C)c1cccnc1N. The molecule has 4 N–H and O–H groups in total. The summed E-state index contributed by atoms with van der Waals surface area (Å²) in [5.41, 5.74) is 15.0. The molecule has 12 nitrogen and oxygen atoms in total. The highest BCUT2D eigenvalue weighted by Gasteiger charge is 2.53. The number of likely N-dealkylation sites (N-methyl/N-ethyl adjacent to an activating group) is 1. The van der Waals surface area contributed by atoms with Gasteiger partial charge in [-0.1, -0.05) is 6.07 Å². The number of methoxy groups -OCH3 is 1. The molecule has 2 fully saturated rings. The summed E-state index contributed by atoms with van der Waals surface area (Å²) in [4.78, 5) is 21.6. The largest absolute Gasteiger partial charge is 0.461 e. The number of nitrogens with two attached hydrogens (primary N) is 2. The average molecular weight is 647 g/mol. The molecule has 3 aromatic heterocycles. The molecule has 0 aliphatic carbocycles. The van der Waals surface area contributed by atoms with Gasteiger partial charge in [0.1, 0.15) is 35.1 Å². The van der Waals surface area contributed by atoms with Crippen molar-refractivity contribution in [2.75, 3.05) is 74.8 Å². The van der Waals surface area contributed by atoms with E-state index in [1.807, 2.05) is 42.6 Å². The van der Waals surface area contributed by atoms with E-state index in [0.717, 1.165) is 41.1 Å². The molecule has 3 aliphatic rings. The zero-order chi connectivity index (χ0) is 31.9. The number of nitrogen functional groups attached to an aromatic ring is 2. The number of aromatic nitrogens is 3. The minimum absolute atomic E-state index is 0.206. The van der Waals surface area contributed by atoms with E-state index in [1.54, 1.807) is 13.3 Å². The quantitative estimate of drug-likeness (QED) is 0.326. The third kappa shape index (κ3) is 5.20. The Balaban J connectivity index is 1.39. The van der Waals surface area contributed by atoms with Crippen LogP contribution in [0.5, 0.6) is 6.01 Å². The van der Waals surface area contributed by atoms with Crippen LogP contribution in [0.1, 0.15) is 59.9 Å². The molecule has 6 heterocycles. The van der Waals surface area contributed by atoms with Crippen LogP contribution in [-0.2, 0) is 15.2 Å². The summed E-state index contributed by atoms with van der Waals surface area (Å²) in [6.45, 7) is 7.62. The molecule has 0 radical (unpaired) electrons. The molecule has 2 saturated heterocycles. The zero-order valence-electron chi connectivity index (χ0n) is 26.0. The Kier molecular flexibility index (Phi) is 8.43. The van der Waals surface area contributed by atoms with Gasteiger partial charge in [-0.25, -0.2) is 4.98 Å². The lowest BCUT2D eigenvalue weighted by molar-refractivity contribution is 0.0158. The predicted molar refractivity (Wildman–Crippen MR) is 177 cm³/mol. The first-order valence-corrected chi connectivity index (χ1v) is 16.8. The first-order valence-electron chi connectivity index (χ1n) is 15.0. The standard InChI is InChI=1S/C31H38N10O2S2/c1-5-41(19(2)20-8-6-10-36-25(20)34)28-22(13-33)27(37-29(38-28)43-18-30(17-42-4)9-7-11-39(30)3)40-15-31(16-40)24-21(12-32)26(35)45-23(24)14-44-31/h6,8,10,19H,5,7,9,11,14-18,35H2,1-4H3,(H2,34,36)/t19-,30-/m1/s1. The van der Waals surface area contributed by atoms with Gasteiger partial charge in [0.15, 0.2) is 11.6 Å². The maximum atomic E-state index is 10.6. The van der Waals surface area contributed by atoms with Crippen molar-refractivity contribution in [2.24, 2.45) is 0 Å². The second kappa shape index (κ2) is 12.2. The summed E-state index contributed by atoms with van der Waals surface area (Å²) in [5, 5.41) is 21.1. The Morgan fingerprint density at radius 3 is 2.60 bits per heavy atom. The number of nitrogens with zero attached hydrogens (tertiary/aromatic N) is 8. The molecule has 1 spiro atoms. The number of hydrogen-bond donors (Lipinski definition) is 2. The Bertz CT molecular complexity index is 1680. The Morgan fingerprint density at radius 2 is 1.96 bits per heavy atom. The van der Waals surface area contributed by atoms with Crippen LogP contribution in [0.15, 0.2) is 18.3 Å². The van der Waals surface area contributed by atoms with Crippen molar-refractivity contribution in [1.82, 2.24) is 19.9 Å². The average Bonchev–Trinajstić information content (AvgIpc) is 3.67. The molecule has 236 valence electrons. The molecule has 2 atom stereocenters. The molecule has 3 aromatic rings. The summed E-state index contributed by atoms with van der Waals surface area (Å²) in [7, 11) is 3.79. The van der Waals surface area contributed by atoms with E-state index in [1.165, 1.54) is 11.3 Å². The minimum Gasteiger partial charge on any atom is -0.461 e. The summed E-state index contributed by atoms with van der Waals surface area (Å²) >= 11 is 3.33. The van der Waals surface area contributed by atoms with Gasteiger partial charge >= 0.3 is 6.01 Å². The third-order valence-corrected chi connectivity index (χ3v) is 12.1. The van der Waals surface area contributed by atoms with Crippen LogP contribution < -0.4 is 26.0 Å². The molecule has 3 aliphatic heterocycles. The summed E-state index contributed by atoms with van der Waals surface area (Å²) < 4.78 is 11.8. The molecule has 6 rings (SSSR count). The van der Waals surface area contributed by atoms with Crippen molar-refractivity contribution in [1.29, 1.82) is 10.5 Å². The highest BCUT2D eigenvalue weighted by Crippen LogP contribution is 2.58. The van der Waals surface area contributed by atoms with Gasteiger partial charge in [0, 0.05) is 54.7 Å². The maximum absolute atomic E-state index is 10.6. The Labute approximate surface area is 271 Å². The molecule has 0 amide bonds. The Morgan fingerprint density at radius 1 is 1.18 bits per heavy atom. The van der Waals surface area contributed by atoms with Gasteiger partial charge in [-0.15, -0.1) is 23.1 Å². The van der Waals surface area contributed by atoms with E-state index in [4.69, 9.17) is 30.9 Å². The van der Waals surface area contributed by atoms with Crippen LogP contribution in [0, 0.1) is 22.7 Å². The number of thioether (sulfide) groups is 1. The van der Waals surface area contributed by atoms with E-state index in [2.05, 4.69) is 34.0 Å². The fraction of sp³-hybridized carbons (Fsp3) is 0.516. The monoisotopic (exact) mass is 646 g/mol. The van der Waals surface area contributed by atoms with E-state index in [0.29, 0.717) is 66.4 Å². The fourth-order valence-electron chi connectivity index (χ4n) is 6.96. The summed E-state index contributed by atoms with van der Waals surface area (Å²) in [6.07, 6.45) is 3.65. The normalized spacial score (nSPS) is 20.8. The van der Waals surface area contributed by atoms with Crippen LogP contribution in [-0.4, -0.2) is 78.9 Å². The van der Waals surface area contributed by atoms with Gasteiger partial charge in [-0.2, -0.15) is 20.5 Å². The van der Waals surface area contributed by atoms with E-state index in [9.17, 15) is 10.5 Å². The van der Waals surface area contributed by atoms with Crippen molar-refractivity contribution in [3.8, 4) is 18.1 Å². The van der Waals surface area contributed by atoms with Gasteiger partial charge in [0.2, 0.25) is 0 Å². The molecular formula is C31H38N10O2S2. The number of fused-ring (bicyclic) bond motifs is 2. The van der Waals surface area contributed by atoms with Crippen molar-refractivity contribution >= 4 is 45.6 Å². The second-order valence-electron chi connectivity index (χ2n) is 11.9. The lowest BCUT2D eigenvalue weighted by atomic mass is 9.88. The number of ether oxygens (including phenoxy) is 2. The first-order chi connectivity index (χ1) is 21.7. The minimum atomic E-state index is -0.293. The highest BCUT2D eigenvalue weighted by atomic mass is 32.2. The fourth-order valence-corrected chi connectivity index (χ4v) is 9.77. The van der Waals surface area contributed by atoms with Gasteiger partial charge in [0.05, 0.1) is 28.5 Å². The molecule has 0 unspecified atom stereocenters. The number of hydrogen-bond acceptors (Lipinski definition) is 14. The van der Waals surface area contributed by atoms with Gasteiger partial charge < -0.3 is 30.7 Å². The topological polar surface area (TPSA) is 166 Å². The summed E-state index contributed by atoms with van der Waals surface area (Å²) in [6, 6.07) is 8.53. The zero-order valence-corrected chi connectivity index (χ0v) is 27.7. The number of anilines is 4. The van der Waals surface area contributed by atoms with Crippen molar-refractivity contribution in [2.45, 2.75) is 48.8 Å². The van der Waals surface area contributed by atoms with Crippen molar-refractivity contribution in [3.63, 3.8) is 0 Å². The van der Waals surface area contributed by atoms with Crippen LogP contribution in [0.3, 0.4) is 0 Å². The van der Waals surface area contributed by atoms with E-state index < -0.39 is 0 Å². The van der Waals surface area contributed by atoms with Crippen molar-refractivity contribution in [3.05, 3.63) is 45.5 Å². The summed E-state index contributed by atoms with van der Waals surface area (Å²) in [5.74, 6) is 2.25. The molecular weight excluding hydrogens is 609 g/mol. The predicted octanol–water partition coefficient (Wildman–Crippen LogP) is 3.88. The van der Waals surface area contributed by atoms with Crippen LogP contribution >= 0.6 is 23.1 Å². The van der Waals surface area contributed by atoms with Crippen molar-refractivity contribution < 1.29 is 9.47 Å². The highest BCUT2D eigenvalue weighted by molar-refractivity contribution is 8.00. The first kappa shape index (κ1) is 31.2. The molecule has 14 heteroatoms. The van der Waals surface area contributed by atoms with E-state index in [-0.39, 0.29) is 22.3 Å². The van der Waals surface area contributed by atoms with Crippen LogP contribution in [0.25, 0.3) is 0 Å². The second-order valence-corrected chi connectivity index (χ2v) is 14.4. The lowest BCUT2D eigenvalue weighted by Crippen LogP contribution is -2.57. The number of likely N-dealkylation sites (tertiary alicyclic amines) is 1. The van der Waals surface area contributed by atoms with Gasteiger partial charge in [-0.05, 0) is 46.3 Å². The number of nitriles is 2. The third-order valence-electron chi connectivity index (χ3n) is 9.44. The number of rotatable bonds is 10. The number of pyridine rings is 1.